The normalized spacial score (nSPS) is 10.5. The predicted molar refractivity (Wildman–Crippen MR) is 98.8 cm³/mol. The van der Waals surface area contributed by atoms with Crippen LogP contribution in [0.2, 0.25) is 0 Å². The van der Waals surface area contributed by atoms with E-state index in [2.05, 4.69) is 27.1 Å². The van der Waals surface area contributed by atoms with Crippen LogP contribution in [0, 0.1) is 20.8 Å². The second-order valence-corrected chi connectivity index (χ2v) is 6.14. The summed E-state index contributed by atoms with van der Waals surface area (Å²) in [5, 5.41) is 2.96. The van der Waals surface area contributed by atoms with E-state index in [1.54, 1.807) is 6.07 Å². The van der Waals surface area contributed by atoms with Gasteiger partial charge in [0.05, 0.1) is 0 Å². The highest BCUT2D eigenvalue weighted by Crippen LogP contribution is 2.19. The number of carbonyl (C=O) groups excluding carboxylic acids is 1. The van der Waals surface area contributed by atoms with Crippen molar-refractivity contribution in [3.05, 3.63) is 46.9 Å². The number of amides is 1. The van der Waals surface area contributed by atoms with Crippen molar-refractivity contribution < 1.29 is 4.79 Å². The number of aryl methyl sites for hydroxylation is 2. The Hall–Kier alpha value is -2.43. The number of nitrogens with zero attached hydrogens (tertiary/aromatic N) is 3. The lowest BCUT2D eigenvalue weighted by atomic mass is 10.1. The lowest BCUT2D eigenvalue weighted by Crippen LogP contribution is -2.22. The van der Waals surface area contributed by atoms with Crippen LogP contribution < -0.4 is 10.2 Å². The van der Waals surface area contributed by atoms with Crippen molar-refractivity contribution in [2.24, 2.45) is 0 Å². The van der Waals surface area contributed by atoms with Crippen LogP contribution in [0.4, 0.5) is 11.5 Å². The van der Waals surface area contributed by atoms with E-state index in [1.807, 2.05) is 46.0 Å². The minimum Gasteiger partial charge on any atom is -0.360 e. The molecule has 0 bridgehead atoms. The Bertz CT molecular complexity index is 727. The fourth-order valence-electron chi connectivity index (χ4n) is 2.45. The molecule has 0 aliphatic heterocycles. The number of rotatable bonds is 6. The maximum Gasteiger partial charge on any atom is 0.274 e. The second kappa shape index (κ2) is 7.90. The molecular weight excluding hydrogens is 300 g/mol. The van der Waals surface area contributed by atoms with Gasteiger partial charge in [-0.2, -0.15) is 0 Å². The summed E-state index contributed by atoms with van der Waals surface area (Å²) in [6.07, 6.45) is 2.21. The first-order valence-corrected chi connectivity index (χ1v) is 8.36. The highest BCUT2D eigenvalue weighted by atomic mass is 16.1. The van der Waals surface area contributed by atoms with Gasteiger partial charge in [0.1, 0.15) is 17.3 Å². The van der Waals surface area contributed by atoms with Crippen LogP contribution >= 0.6 is 0 Å². The summed E-state index contributed by atoms with van der Waals surface area (Å²) < 4.78 is 0. The van der Waals surface area contributed by atoms with Crippen molar-refractivity contribution >= 4 is 17.4 Å². The van der Waals surface area contributed by atoms with Crippen LogP contribution in [-0.4, -0.2) is 29.5 Å². The molecule has 1 heterocycles. The van der Waals surface area contributed by atoms with Crippen molar-refractivity contribution in [3.63, 3.8) is 0 Å². The highest BCUT2D eigenvalue weighted by Gasteiger charge is 2.14. The fraction of sp³-hybridized carbons (Fsp3) is 0.421. The molecule has 0 atom stereocenters. The van der Waals surface area contributed by atoms with E-state index in [9.17, 15) is 4.79 Å². The zero-order valence-electron chi connectivity index (χ0n) is 15.2. The van der Waals surface area contributed by atoms with Crippen LogP contribution in [0.5, 0.6) is 0 Å². The van der Waals surface area contributed by atoms with Gasteiger partial charge in [-0.15, -0.1) is 0 Å². The molecular formula is C19H26N4O. The van der Waals surface area contributed by atoms with Crippen molar-refractivity contribution in [1.82, 2.24) is 9.97 Å². The topological polar surface area (TPSA) is 58.1 Å². The van der Waals surface area contributed by atoms with Gasteiger partial charge < -0.3 is 10.2 Å². The first-order valence-electron chi connectivity index (χ1n) is 8.36. The Labute approximate surface area is 144 Å². The van der Waals surface area contributed by atoms with Crippen molar-refractivity contribution in [3.8, 4) is 0 Å². The highest BCUT2D eigenvalue weighted by molar-refractivity contribution is 6.03. The van der Waals surface area contributed by atoms with E-state index >= 15 is 0 Å². The maximum absolute atomic E-state index is 12.6. The summed E-state index contributed by atoms with van der Waals surface area (Å²) in [6.45, 7) is 8.90. The molecule has 1 amide bonds. The van der Waals surface area contributed by atoms with Crippen molar-refractivity contribution in [2.75, 3.05) is 23.8 Å². The number of hydrogen-bond acceptors (Lipinski definition) is 4. The van der Waals surface area contributed by atoms with Crippen LogP contribution in [0.3, 0.4) is 0 Å². The summed E-state index contributed by atoms with van der Waals surface area (Å²) in [4.78, 5) is 23.4. The van der Waals surface area contributed by atoms with Crippen LogP contribution in [0.25, 0.3) is 0 Å². The van der Waals surface area contributed by atoms with Gasteiger partial charge in [0.15, 0.2) is 0 Å². The van der Waals surface area contributed by atoms with Gasteiger partial charge in [-0.1, -0.05) is 25.5 Å². The molecule has 1 aromatic heterocycles. The number of carbonyl (C=O) groups is 1. The number of nitrogens with one attached hydrogen (secondary N) is 1. The largest absolute Gasteiger partial charge is 0.360 e. The molecule has 0 spiro atoms. The summed E-state index contributed by atoms with van der Waals surface area (Å²) in [5.41, 5.74) is 3.42. The van der Waals surface area contributed by atoms with Crippen molar-refractivity contribution in [1.29, 1.82) is 0 Å². The van der Waals surface area contributed by atoms with E-state index in [0.29, 0.717) is 11.5 Å². The third-order valence-corrected chi connectivity index (χ3v) is 4.15. The zero-order chi connectivity index (χ0) is 17.7. The molecule has 0 aliphatic carbocycles. The van der Waals surface area contributed by atoms with Gasteiger partial charge in [-0.3, -0.25) is 4.79 Å². The molecule has 2 rings (SSSR count). The van der Waals surface area contributed by atoms with Crippen LogP contribution in [-0.2, 0) is 0 Å². The Morgan fingerprint density at radius 2 is 1.96 bits per heavy atom. The van der Waals surface area contributed by atoms with Crippen LogP contribution in [0.15, 0.2) is 24.3 Å². The number of benzene rings is 1. The molecule has 0 radical (unpaired) electrons. The number of aromatic nitrogens is 2. The maximum atomic E-state index is 12.6. The molecule has 0 aliphatic rings. The molecule has 5 nitrogen and oxygen atoms in total. The molecule has 0 saturated carbocycles. The van der Waals surface area contributed by atoms with Crippen LogP contribution in [0.1, 0.15) is 47.2 Å². The number of unbranched alkanes of at least 4 members (excludes halogenated alkanes) is 1. The number of hydrogen-bond donors (Lipinski definition) is 1. The van der Waals surface area contributed by atoms with Gasteiger partial charge in [0.25, 0.3) is 5.91 Å². The first kappa shape index (κ1) is 17.9. The number of anilines is 2. The molecule has 2 aromatic rings. The monoisotopic (exact) mass is 326 g/mol. The smallest absolute Gasteiger partial charge is 0.274 e. The molecule has 0 unspecified atom stereocenters. The van der Waals surface area contributed by atoms with E-state index < -0.39 is 0 Å². The predicted octanol–water partition coefficient (Wildman–Crippen LogP) is 3.89. The molecule has 1 aromatic carbocycles. The third-order valence-electron chi connectivity index (χ3n) is 4.15. The van der Waals surface area contributed by atoms with Gasteiger partial charge in [0, 0.05) is 25.3 Å². The van der Waals surface area contributed by atoms with Gasteiger partial charge in [-0.05, 0) is 44.4 Å². The minimum absolute atomic E-state index is 0.209. The quantitative estimate of drug-likeness (QED) is 0.875. The average Bonchev–Trinajstić information content (AvgIpc) is 2.56. The van der Waals surface area contributed by atoms with Crippen molar-refractivity contribution in [2.45, 2.75) is 40.5 Å². The molecule has 24 heavy (non-hydrogen) atoms. The molecule has 0 saturated heterocycles. The molecule has 5 heteroatoms. The van der Waals surface area contributed by atoms with E-state index in [1.165, 1.54) is 0 Å². The fourth-order valence-corrected chi connectivity index (χ4v) is 2.45. The van der Waals surface area contributed by atoms with E-state index in [4.69, 9.17) is 0 Å². The Kier molecular flexibility index (Phi) is 5.90. The lowest BCUT2D eigenvalue weighted by Gasteiger charge is -2.18. The zero-order valence-corrected chi connectivity index (χ0v) is 15.2. The summed E-state index contributed by atoms with van der Waals surface area (Å²) in [5.74, 6) is 1.17. The Morgan fingerprint density at radius 3 is 2.67 bits per heavy atom. The Balaban J connectivity index is 2.23. The summed E-state index contributed by atoms with van der Waals surface area (Å²) >= 11 is 0. The lowest BCUT2D eigenvalue weighted by molar-refractivity contribution is 0.102. The standard InChI is InChI=1S/C19H26N4O/c1-6-7-11-23(5)18-12-17(20-15(4)21-18)19(24)22-16-10-8-9-13(2)14(16)3/h8-10,12H,6-7,11H2,1-5H3,(H,22,24). The SMILES string of the molecule is CCCCN(C)c1cc(C(=O)Nc2cccc(C)c2C)nc(C)n1. The molecule has 1 N–H and O–H groups in total. The van der Waals surface area contributed by atoms with Gasteiger partial charge >= 0.3 is 0 Å². The van der Waals surface area contributed by atoms with Gasteiger partial charge in [0.2, 0.25) is 0 Å². The minimum atomic E-state index is -0.209. The second-order valence-electron chi connectivity index (χ2n) is 6.14. The third kappa shape index (κ3) is 4.31. The van der Waals surface area contributed by atoms with Gasteiger partial charge in [-0.25, -0.2) is 9.97 Å². The molecule has 128 valence electrons. The average molecular weight is 326 g/mol. The first-order chi connectivity index (χ1) is 11.4. The summed E-state index contributed by atoms with van der Waals surface area (Å²) in [6, 6.07) is 7.62. The van der Waals surface area contributed by atoms with E-state index in [-0.39, 0.29) is 5.91 Å². The van der Waals surface area contributed by atoms with E-state index in [0.717, 1.165) is 42.0 Å². The molecule has 0 fully saturated rings. The Morgan fingerprint density at radius 1 is 1.21 bits per heavy atom. The summed E-state index contributed by atoms with van der Waals surface area (Å²) in [7, 11) is 1.99.